The van der Waals surface area contributed by atoms with Gasteiger partial charge in [0.05, 0.1) is 13.2 Å². The van der Waals surface area contributed by atoms with E-state index in [1.54, 1.807) is 0 Å². The lowest BCUT2D eigenvalue weighted by Crippen LogP contribution is -2.49. The second-order valence-corrected chi connectivity index (χ2v) is 7.20. The van der Waals surface area contributed by atoms with Crippen molar-refractivity contribution in [2.75, 3.05) is 38.7 Å². The largest absolute Gasteiger partial charge is 0.379 e. The van der Waals surface area contributed by atoms with Gasteiger partial charge >= 0.3 is 0 Å². The van der Waals surface area contributed by atoms with Crippen LogP contribution in [-0.4, -0.2) is 51.5 Å². The van der Waals surface area contributed by atoms with Gasteiger partial charge in [0, 0.05) is 25.5 Å². The minimum atomic E-state index is -3.37. The summed E-state index contributed by atoms with van der Waals surface area (Å²) in [6, 6.07) is 0. The van der Waals surface area contributed by atoms with Gasteiger partial charge in [-0.2, -0.15) is 12.7 Å². The van der Waals surface area contributed by atoms with Crippen LogP contribution in [-0.2, 0) is 14.9 Å². The summed E-state index contributed by atoms with van der Waals surface area (Å²) in [6.07, 6.45) is 4.32. The van der Waals surface area contributed by atoms with E-state index in [0.717, 1.165) is 25.7 Å². The molecule has 1 saturated carbocycles. The minimum Gasteiger partial charge on any atom is -0.379 e. The zero-order valence-electron chi connectivity index (χ0n) is 10.5. The van der Waals surface area contributed by atoms with Crippen molar-refractivity contribution in [2.45, 2.75) is 25.7 Å². The highest BCUT2D eigenvalue weighted by Gasteiger charge is 2.35. The van der Waals surface area contributed by atoms with Crippen molar-refractivity contribution < 1.29 is 13.2 Å². The van der Waals surface area contributed by atoms with Crippen molar-refractivity contribution in [3.63, 3.8) is 0 Å². The fourth-order valence-electron chi connectivity index (χ4n) is 2.61. The molecule has 2 aliphatic rings. The lowest BCUT2D eigenvalue weighted by Gasteiger charge is -2.30. The SMILES string of the molecule is O=S(=O)(NCC1(CCl)CCCC1)N1CCOCC1. The van der Waals surface area contributed by atoms with Crippen molar-refractivity contribution in [1.29, 1.82) is 0 Å². The van der Waals surface area contributed by atoms with E-state index in [2.05, 4.69) is 4.72 Å². The van der Waals surface area contributed by atoms with Crippen molar-refractivity contribution in [2.24, 2.45) is 5.41 Å². The Kier molecular flexibility index (Phi) is 4.88. The first-order chi connectivity index (χ1) is 8.58. The maximum absolute atomic E-state index is 12.1. The predicted octanol–water partition coefficient (Wildman–Crippen LogP) is 0.952. The smallest absolute Gasteiger partial charge is 0.279 e. The summed E-state index contributed by atoms with van der Waals surface area (Å²) in [5.74, 6) is 0.526. The number of hydrogen-bond donors (Lipinski definition) is 1. The molecule has 0 aromatic rings. The van der Waals surface area contributed by atoms with E-state index < -0.39 is 10.2 Å². The number of alkyl halides is 1. The Hall–Kier alpha value is 0.120. The quantitative estimate of drug-likeness (QED) is 0.769. The highest BCUT2D eigenvalue weighted by molar-refractivity contribution is 7.87. The minimum absolute atomic E-state index is 0.0408. The van der Waals surface area contributed by atoms with Gasteiger partial charge in [-0.25, -0.2) is 4.72 Å². The number of rotatable bonds is 5. The molecule has 1 saturated heterocycles. The molecule has 1 N–H and O–H groups in total. The molecule has 0 radical (unpaired) electrons. The molecule has 0 atom stereocenters. The molecule has 0 unspecified atom stereocenters. The first-order valence-corrected chi connectivity index (χ1v) is 8.44. The summed E-state index contributed by atoms with van der Waals surface area (Å²) in [5, 5.41) is 0. The third kappa shape index (κ3) is 3.36. The molecule has 7 heteroatoms. The Bertz CT molecular complexity index is 362. The Morgan fingerprint density at radius 3 is 2.39 bits per heavy atom. The highest BCUT2D eigenvalue weighted by atomic mass is 35.5. The first-order valence-electron chi connectivity index (χ1n) is 6.46. The molecule has 0 bridgehead atoms. The van der Waals surface area contributed by atoms with Gasteiger partial charge in [0.2, 0.25) is 0 Å². The van der Waals surface area contributed by atoms with Gasteiger partial charge in [0.15, 0.2) is 0 Å². The molecular formula is C11H21ClN2O3S. The van der Waals surface area contributed by atoms with Crippen LogP contribution in [0.3, 0.4) is 0 Å². The Morgan fingerprint density at radius 1 is 1.22 bits per heavy atom. The normalized spacial score (nSPS) is 25.4. The van der Waals surface area contributed by atoms with Crippen LogP contribution in [0.1, 0.15) is 25.7 Å². The van der Waals surface area contributed by atoms with E-state index >= 15 is 0 Å². The molecule has 1 heterocycles. The highest BCUT2D eigenvalue weighted by Crippen LogP contribution is 2.38. The van der Waals surface area contributed by atoms with Gasteiger partial charge in [-0.05, 0) is 18.3 Å². The summed E-state index contributed by atoms with van der Waals surface area (Å²) in [7, 11) is -3.37. The molecule has 2 fully saturated rings. The summed E-state index contributed by atoms with van der Waals surface area (Å²) in [5.41, 5.74) is -0.0408. The average molecular weight is 297 g/mol. The maximum atomic E-state index is 12.1. The number of halogens is 1. The molecule has 0 aromatic heterocycles. The number of morpholine rings is 1. The lowest BCUT2D eigenvalue weighted by atomic mass is 9.89. The Labute approximate surface area is 114 Å². The van der Waals surface area contributed by atoms with Crippen LogP contribution in [0.25, 0.3) is 0 Å². The number of nitrogens with one attached hydrogen (secondary N) is 1. The predicted molar refractivity (Wildman–Crippen MR) is 70.9 cm³/mol. The molecule has 0 spiro atoms. The zero-order chi connectivity index (χ0) is 13.1. The summed E-state index contributed by atoms with van der Waals surface area (Å²) in [4.78, 5) is 0. The van der Waals surface area contributed by atoms with Gasteiger partial charge in [-0.1, -0.05) is 12.8 Å². The molecule has 5 nitrogen and oxygen atoms in total. The molecule has 2 rings (SSSR count). The van der Waals surface area contributed by atoms with E-state index in [4.69, 9.17) is 16.3 Å². The Morgan fingerprint density at radius 2 is 1.83 bits per heavy atom. The molecule has 1 aliphatic heterocycles. The van der Waals surface area contributed by atoms with Gasteiger partial charge in [-0.3, -0.25) is 0 Å². The van der Waals surface area contributed by atoms with E-state index in [-0.39, 0.29) is 5.41 Å². The summed E-state index contributed by atoms with van der Waals surface area (Å²) < 4.78 is 33.6. The zero-order valence-corrected chi connectivity index (χ0v) is 12.1. The number of hydrogen-bond acceptors (Lipinski definition) is 3. The topological polar surface area (TPSA) is 58.6 Å². The lowest BCUT2D eigenvalue weighted by molar-refractivity contribution is 0.0723. The molecule has 0 aromatic carbocycles. The number of nitrogens with zero attached hydrogens (tertiary/aromatic N) is 1. The van der Waals surface area contributed by atoms with Crippen LogP contribution in [0, 0.1) is 5.41 Å². The van der Waals surface area contributed by atoms with Crippen LogP contribution in [0.4, 0.5) is 0 Å². The third-order valence-corrected chi connectivity index (χ3v) is 6.01. The van der Waals surface area contributed by atoms with Gasteiger partial charge in [-0.15, -0.1) is 11.6 Å². The third-order valence-electron chi connectivity index (χ3n) is 3.89. The van der Waals surface area contributed by atoms with Crippen molar-refractivity contribution in [3.8, 4) is 0 Å². The van der Waals surface area contributed by atoms with E-state index in [0.29, 0.717) is 38.7 Å². The van der Waals surface area contributed by atoms with Gasteiger partial charge in [0.25, 0.3) is 10.2 Å². The number of ether oxygens (including phenoxy) is 1. The van der Waals surface area contributed by atoms with Crippen LogP contribution in [0.2, 0.25) is 0 Å². The van der Waals surface area contributed by atoms with E-state index in [1.165, 1.54) is 4.31 Å². The van der Waals surface area contributed by atoms with Crippen molar-refractivity contribution >= 4 is 21.8 Å². The molecule has 1 aliphatic carbocycles. The molecule has 18 heavy (non-hydrogen) atoms. The van der Waals surface area contributed by atoms with Crippen LogP contribution in [0.15, 0.2) is 0 Å². The molecular weight excluding hydrogens is 276 g/mol. The second-order valence-electron chi connectivity index (χ2n) is 5.18. The van der Waals surface area contributed by atoms with Crippen LogP contribution < -0.4 is 4.72 Å². The summed E-state index contributed by atoms with van der Waals surface area (Å²) >= 11 is 6.01. The van der Waals surface area contributed by atoms with E-state index in [9.17, 15) is 8.42 Å². The second kappa shape index (κ2) is 6.05. The maximum Gasteiger partial charge on any atom is 0.279 e. The fourth-order valence-corrected chi connectivity index (χ4v) is 4.27. The monoisotopic (exact) mass is 296 g/mol. The Balaban J connectivity index is 1.91. The summed E-state index contributed by atoms with van der Waals surface area (Å²) in [6.45, 7) is 2.27. The van der Waals surface area contributed by atoms with E-state index in [1.807, 2.05) is 0 Å². The molecule has 0 amide bonds. The fraction of sp³-hybridized carbons (Fsp3) is 1.00. The van der Waals surface area contributed by atoms with Crippen LogP contribution >= 0.6 is 11.6 Å². The van der Waals surface area contributed by atoms with Crippen LogP contribution in [0.5, 0.6) is 0 Å². The average Bonchev–Trinajstić information content (AvgIpc) is 2.87. The van der Waals surface area contributed by atoms with Crippen molar-refractivity contribution in [1.82, 2.24) is 9.03 Å². The molecule has 106 valence electrons. The van der Waals surface area contributed by atoms with Gasteiger partial charge in [0.1, 0.15) is 0 Å². The first kappa shape index (κ1) is 14.5. The standard InChI is InChI=1S/C11H21ClN2O3S/c12-9-11(3-1-2-4-11)10-13-18(15,16)14-5-7-17-8-6-14/h13H,1-10H2. The van der Waals surface area contributed by atoms with Crippen molar-refractivity contribution in [3.05, 3.63) is 0 Å². The van der Waals surface area contributed by atoms with Gasteiger partial charge < -0.3 is 4.74 Å².